The van der Waals surface area contributed by atoms with Gasteiger partial charge in [-0.2, -0.15) is 0 Å². The van der Waals surface area contributed by atoms with Gasteiger partial charge in [-0.15, -0.1) is 0 Å². The molecular weight excluding hydrogens is 262 g/mol. The molecule has 21 heavy (non-hydrogen) atoms. The lowest BCUT2D eigenvalue weighted by Gasteiger charge is -2.17. The van der Waals surface area contributed by atoms with E-state index in [-0.39, 0.29) is 0 Å². The maximum atomic E-state index is 9.95. The predicted molar refractivity (Wildman–Crippen MR) is 90.6 cm³/mol. The van der Waals surface area contributed by atoms with Gasteiger partial charge in [0.1, 0.15) is 0 Å². The van der Waals surface area contributed by atoms with E-state index in [2.05, 4.69) is 23.5 Å². The van der Waals surface area contributed by atoms with Crippen LogP contribution in [0.3, 0.4) is 0 Å². The standard InChI is InChI=1S/C18H37NO2/c1-3-19(4-2)16-14-12-10-8-6-5-7-9-11-13-15-17-21-18-20/h18H,3-17H2,1-2H3. The molecule has 3 heteroatoms. The molecule has 0 saturated carbocycles. The molecule has 0 rings (SSSR count). The number of nitrogens with zero attached hydrogens (tertiary/aromatic N) is 1. The summed E-state index contributed by atoms with van der Waals surface area (Å²) < 4.78 is 4.67. The first-order valence-corrected chi connectivity index (χ1v) is 9.12. The molecule has 3 nitrogen and oxygen atoms in total. The van der Waals surface area contributed by atoms with Crippen molar-refractivity contribution < 1.29 is 9.53 Å². The highest BCUT2D eigenvalue weighted by Crippen LogP contribution is 2.11. The van der Waals surface area contributed by atoms with Gasteiger partial charge >= 0.3 is 0 Å². The Hall–Kier alpha value is -0.570. The first-order chi connectivity index (χ1) is 10.3. The molecule has 0 aliphatic heterocycles. The van der Waals surface area contributed by atoms with Gasteiger partial charge in [0, 0.05) is 0 Å². The monoisotopic (exact) mass is 299 g/mol. The largest absolute Gasteiger partial charge is 0.468 e. The Morgan fingerprint density at radius 2 is 1.14 bits per heavy atom. The molecule has 0 aromatic carbocycles. The Kier molecular flexibility index (Phi) is 17.0. The molecule has 0 fully saturated rings. The molecule has 126 valence electrons. The SMILES string of the molecule is CCN(CC)CCCCCCCCCCCCCOC=O. The number of ether oxygens (including phenoxy) is 1. The summed E-state index contributed by atoms with van der Waals surface area (Å²) in [6.45, 7) is 9.30. The van der Waals surface area contributed by atoms with Gasteiger partial charge < -0.3 is 9.64 Å². The van der Waals surface area contributed by atoms with Crippen molar-refractivity contribution in [3.8, 4) is 0 Å². The van der Waals surface area contributed by atoms with Crippen molar-refractivity contribution in [2.75, 3.05) is 26.2 Å². The van der Waals surface area contributed by atoms with E-state index >= 15 is 0 Å². The van der Waals surface area contributed by atoms with Crippen LogP contribution in [0.25, 0.3) is 0 Å². The lowest BCUT2D eigenvalue weighted by atomic mass is 10.1. The van der Waals surface area contributed by atoms with E-state index in [0.29, 0.717) is 13.1 Å². The predicted octanol–water partition coefficient (Wildman–Crippen LogP) is 4.79. The van der Waals surface area contributed by atoms with E-state index in [9.17, 15) is 4.79 Å². The van der Waals surface area contributed by atoms with Crippen molar-refractivity contribution in [3.63, 3.8) is 0 Å². The number of carbonyl (C=O) groups is 1. The lowest BCUT2D eigenvalue weighted by molar-refractivity contribution is -0.128. The molecule has 0 aromatic heterocycles. The first kappa shape index (κ1) is 20.4. The van der Waals surface area contributed by atoms with Crippen LogP contribution in [-0.2, 0) is 9.53 Å². The molecule has 0 aliphatic rings. The molecule has 0 heterocycles. The Labute approximate surface area is 132 Å². The highest BCUT2D eigenvalue weighted by atomic mass is 16.5. The summed E-state index contributed by atoms with van der Waals surface area (Å²) in [7, 11) is 0. The van der Waals surface area contributed by atoms with Crippen molar-refractivity contribution >= 4 is 6.47 Å². The van der Waals surface area contributed by atoms with E-state index < -0.39 is 0 Å². The summed E-state index contributed by atoms with van der Waals surface area (Å²) in [5.74, 6) is 0. The number of hydrogen-bond acceptors (Lipinski definition) is 3. The smallest absolute Gasteiger partial charge is 0.293 e. The molecule has 0 aromatic rings. The summed E-state index contributed by atoms with van der Waals surface area (Å²) in [6, 6.07) is 0. The van der Waals surface area contributed by atoms with Gasteiger partial charge in [-0.3, -0.25) is 4.79 Å². The third-order valence-corrected chi connectivity index (χ3v) is 4.20. The molecule has 0 atom stereocenters. The third kappa shape index (κ3) is 15.6. The molecule has 0 aliphatic carbocycles. The number of unbranched alkanes of at least 4 members (excludes halogenated alkanes) is 10. The molecule has 0 radical (unpaired) electrons. The molecule has 0 N–H and O–H groups in total. The van der Waals surface area contributed by atoms with Crippen molar-refractivity contribution in [3.05, 3.63) is 0 Å². The van der Waals surface area contributed by atoms with Gasteiger partial charge in [-0.25, -0.2) is 0 Å². The Bertz CT molecular complexity index is 205. The zero-order valence-corrected chi connectivity index (χ0v) is 14.4. The topological polar surface area (TPSA) is 29.5 Å². The summed E-state index contributed by atoms with van der Waals surface area (Å²) in [4.78, 5) is 12.5. The minimum atomic E-state index is 0.544. The second kappa shape index (κ2) is 17.5. The molecule has 0 bridgehead atoms. The molecule has 0 amide bonds. The molecule has 0 spiro atoms. The lowest BCUT2D eigenvalue weighted by Crippen LogP contribution is -2.23. The van der Waals surface area contributed by atoms with Crippen LogP contribution in [0.1, 0.15) is 84.5 Å². The van der Waals surface area contributed by atoms with E-state index in [1.54, 1.807) is 0 Å². The minimum Gasteiger partial charge on any atom is -0.468 e. The van der Waals surface area contributed by atoms with Crippen molar-refractivity contribution in [2.24, 2.45) is 0 Å². The molecule has 0 unspecified atom stereocenters. The highest BCUT2D eigenvalue weighted by Gasteiger charge is 1.98. The van der Waals surface area contributed by atoms with Gasteiger partial charge in [-0.1, -0.05) is 71.6 Å². The maximum Gasteiger partial charge on any atom is 0.293 e. The van der Waals surface area contributed by atoms with Crippen molar-refractivity contribution in [2.45, 2.75) is 84.5 Å². The van der Waals surface area contributed by atoms with Crippen LogP contribution >= 0.6 is 0 Å². The van der Waals surface area contributed by atoms with Crippen LogP contribution in [-0.4, -0.2) is 37.6 Å². The average Bonchev–Trinajstić information content (AvgIpc) is 2.51. The third-order valence-electron chi connectivity index (χ3n) is 4.20. The second-order valence-corrected chi connectivity index (χ2v) is 5.88. The molecule has 0 saturated heterocycles. The van der Waals surface area contributed by atoms with Crippen LogP contribution in [0.2, 0.25) is 0 Å². The number of hydrogen-bond donors (Lipinski definition) is 0. The van der Waals surface area contributed by atoms with Crippen LogP contribution in [0.4, 0.5) is 0 Å². The van der Waals surface area contributed by atoms with E-state index in [1.807, 2.05) is 0 Å². The van der Waals surface area contributed by atoms with Crippen molar-refractivity contribution in [1.29, 1.82) is 0 Å². The first-order valence-electron chi connectivity index (χ1n) is 9.12. The van der Waals surface area contributed by atoms with E-state index in [4.69, 9.17) is 0 Å². The average molecular weight is 299 g/mol. The summed E-state index contributed by atoms with van der Waals surface area (Å²) in [5.41, 5.74) is 0. The van der Waals surface area contributed by atoms with Crippen LogP contribution in [0.15, 0.2) is 0 Å². The van der Waals surface area contributed by atoms with Gasteiger partial charge in [-0.05, 0) is 32.5 Å². The Morgan fingerprint density at radius 1 is 0.714 bits per heavy atom. The van der Waals surface area contributed by atoms with Gasteiger partial charge in [0.05, 0.1) is 6.61 Å². The summed E-state index contributed by atoms with van der Waals surface area (Å²) >= 11 is 0. The fourth-order valence-electron chi connectivity index (χ4n) is 2.70. The van der Waals surface area contributed by atoms with Gasteiger partial charge in [0.25, 0.3) is 6.47 Å². The van der Waals surface area contributed by atoms with Crippen LogP contribution in [0.5, 0.6) is 0 Å². The van der Waals surface area contributed by atoms with Crippen LogP contribution < -0.4 is 0 Å². The number of rotatable bonds is 17. The maximum absolute atomic E-state index is 9.95. The normalized spacial score (nSPS) is 11.0. The summed E-state index contributed by atoms with van der Waals surface area (Å²) in [5, 5.41) is 0. The fourth-order valence-corrected chi connectivity index (χ4v) is 2.70. The quantitative estimate of drug-likeness (QED) is 0.285. The van der Waals surface area contributed by atoms with E-state index in [1.165, 1.54) is 83.8 Å². The van der Waals surface area contributed by atoms with Gasteiger partial charge in [0.15, 0.2) is 0 Å². The fraction of sp³-hybridized carbons (Fsp3) is 0.944. The van der Waals surface area contributed by atoms with Gasteiger partial charge in [0.2, 0.25) is 0 Å². The van der Waals surface area contributed by atoms with E-state index in [0.717, 1.165) is 6.42 Å². The molecular formula is C18H37NO2. The Balaban J connectivity index is 3.04. The zero-order valence-electron chi connectivity index (χ0n) is 14.4. The summed E-state index contributed by atoms with van der Waals surface area (Å²) in [6.07, 6.45) is 14.6. The van der Waals surface area contributed by atoms with Crippen molar-refractivity contribution in [1.82, 2.24) is 4.90 Å². The second-order valence-electron chi connectivity index (χ2n) is 5.88. The Morgan fingerprint density at radius 3 is 1.57 bits per heavy atom. The zero-order chi connectivity index (χ0) is 15.6. The van der Waals surface area contributed by atoms with Crippen LogP contribution in [0, 0.1) is 0 Å². The minimum absolute atomic E-state index is 0.544. The highest BCUT2D eigenvalue weighted by molar-refractivity contribution is 5.36. The number of carbonyl (C=O) groups excluding carboxylic acids is 1.